The number of hydrogen-bond acceptors (Lipinski definition) is 5. The van der Waals surface area contributed by atoms with Gasteiger partial charge in [-0.15, -0.1) is 0 Å². The van der Waals surface area contributed by atoms with Crippen LogP contribution in [0.25, 0.3) is 0 Å². The van der Waals surface area contributed by atoms with Gasteiger partial charge in [0.1, 0.15) is 21.0 Å². The summed E-state index contributed by atoms with van der Waals surface area (Å²) in [5, 5.41) is 0. The van der Waals surface area contributed by atoms with Crippen molar-refractivity contribution in [3.63, 3.8) is 0 Å². The van der Waals surface area contributed by atoms with Crippen molar-refractivity contribution in [2.75, 3.05) is 13.7 Å². The number of rotatable bonds is 6. The van der Waals surface area contributed by atoms with E-state index < -0.39 is 18.3 Å². The molecule has 0 aromatic heterocycles. The van der Waals surface area contributed by atoms with Crippen molar-refractivity contribution in [3.8, 4) is 0 Å². The molecule has 0 saturated carbocycles. The second-order valence-electron chi connectivity index (χ2n) is 2.00. The molecule has 0 saturated heterocycles. The van der Waals surface area contributed by atoms with Gasteiger partial charge in [-0.05, 0) is 6.42 Å². The van der Waals surface area contributed by atoms with E-state index in [0.717, 1.165) is 27.4 Å². The van der Waals surface area contributed by atoms with E-state index in [9.17, 15) is 4.57 Å². The van der Waals surface area contributed by atoms with E-state index >= 15 is 0 Å². The fourth-order valence-corrected chi connectivity index (χ4v) is 3.91. The Morgan fingerprint density at radius 1 is 1.36 bits per heavy atom. The van der Waals surface area contributed by atoms with Crippen LogP contribution in [0.4, 0.5) is 0 Å². The minimum absolute atomic E-state index is 0. The minimum Gasteiger partial charge on any atom is -0.449 e. The van der Waals surface area contributed by atoms with Crippen molar-refractivity contribution in [2.24, 2.45) is 0 Å². The number of hydrogen-bond donors (Lipinski definition) is 0. The quantitative estimate of drug-likeness (QED) is 0.404. The Kier molecular flexibility index (Phi) is 30.3. The molecule has 0 aliphatic rings. The zero-order valence-corrected chi connectivity index (χ0v) is 18.1. The van der Waals surface area contributed by atoms with Gasteiger partial charge in [0.2, 0.25) is 0 Å². The van der Waals surface area contributed by atoms with Gasteiger partial charge in [-0.2, -0.15) is 0 Å². The van der Waals surface area contributed by atoms with Gasteiger partial charge in [-0.3, -0.25) is 4.57 Å². The maximum absolute atomic E-state index is 10.3. The maximum Gasteiger partial charge on any atom is 0.318 e. The average Bonchev–Trinajstić information content (AvgIpc) is 2.16. The third-order valence-corrected chi connectivity index (χ3v) is 3.49. The maximum atomic E-state index is 10.3. The van der Waals surface area contributed by atoms with Gasteiger partial charge >= 0.3 is 8.25 Å². The Morgan fingerprint density at radius 2 is 1.86 bits per heavy atom. The molecular formula is C4H19NaO5PSi3. The Balaban J connectivity index is -0.000000177. The van der Waals surface area contributed by atoms with Crippen LogP contribution in [-0.2, 0) is 21.8 Å². The molecule has 0 aliphatic heterocycles. The molecule has 0 aromatic rings. The van der Waals surface area contributed by atoms with Crippen molar-refractivity contribution < 1.29 is 21.8 Å². The van der Waals surface area contributed by atoms with Crippen LogP contribution in [0.15, 0.2) is 0 Å². The molecule has 1 atom stereocenters. The fourth-order valence-electron chi connectivity index (χ4n) is 0.362. The summed E-state index contributed by atoms with van der Waals surface area (Å²) in [6.45, 7) is 2.47. The molecule has 1 unspecified atom stereocenters. The van der Waals surface area contributed by atoms with Gasteiger partial charge in [-0.25, -0.2) is 0 Å². The Labute approximate surface area is 117 Å². The molecule has 0 aliphatic carbocycles. The molecule has 10 heteroatoms. The van der Waals surface area contributed by atoms with E-state index in [2.05, 4.69) is 9.05 Å². The molecule has 0 N–H and O–H groups in total. The van der Waals surface area contributed by atoms with Crippen molar-refractivity contribution in [3.05, 3.63) is 0 Å². The van der Waals surface area contributed by atoms with Gasteiger partial charge in [0.15, 0.2) is 0 Å². The summed E-state index contributed by atoms with van der Waals surface area (Å²) in [5.41, 5.74) is 0. The summed E-state index contributed by atoms with van der Waals surface area (Å²) >= 11 is 0. The largest absolute Gasteiger partial charge is 0.449 e. The van der Waals surface area contributed by atoms with Crippen molar-refractivity contribution in [1.29, 1.82) is 0 Å². The SMILES string of the molecule is CCCO[PH](=O)OC.[Na].[SiH3]O[SiH2]O[SiH3]. The molecular weight excluding hydrogens is 266 g/mol. The first kappa shape index (κ1) is 21.1. The monoisotopic (exact) mass is 285 g/mol. The molecule has 1 radical (unpaired) electrons. The van der Waals surface area contributed by atoms with E-state index in [-0.39, 0.29) is 29.6 Å². The Bertz CT molecular complexity index is 119. The smallest absolute Gasteiger partial charge is 0.318 e. The van der Waals surface area contributed by atoms with Gasteiger partial charge in [0.05, 0.1) is 6.61 Å². The van der Waals surface area contributed by atoms with E-state index in [0.29, 0.717) is 6.61 Å². The summed E-state index contributed by atoms with van der Waals surface area (Å²) in [4.78, 5) is 0. The van der Waals surface area contributed by atoms with E-state index in [1.54, 1.807) is 0 Å². The zero-order valence-electron chi connectivity index (χ0n) is 9.66. The van der Waals surface area contributed by atoms with Crippen molar-refractivity contribution >= 4 is 68.8 Å². The second kappa shape index (κ2) is 20.2. The predicted octanol–water partition coefficient (Wildman–Crippen LogP) is -2.35. The first-order valence-corrected chi connectivity index (χ1v) is 7.92. The second-order valence-corrected chi connectivity index (χ2v) is 8.05. The molecule has 0 spiro atoms. The minimum atomic E-state index is -2.14. The van der Waals surface area contributed by atoms with Crippen LogP contribution in [0.3, 0.4) is 0 Å². The van der Waals surface area contributed by atoms with Crippen LogP contribution in [0.5, 0.6) is 0 Å². The normalized spacial score (nSPS) is 12.1. The summed E-state index contributed by atoms with van der Waals surface area (Å²) in [6.07, 6.45) is 0.875. The Hall–Kier alpha value is 1.72. The summed E-state index contributed by atoms with van der Waals surface area (Å²) < 4.78 is 28.9. The first-order chi connectivity index (χ1) is 6.22. The van der Waals surface area contributed by atoms with Gasteiger partial charge < -0.3 is 17.3 Å². The van der Waals surface area contributed by atoms with Crippen molar-refractivity contribution in [2.45, 2.75) is 13.3 Å². The predicted molar refractivity (Wildman–Crippen MR) is 68.6 cm³/mol. The van der Waals surface area contributed by atoms with Crippen molar-refractivity contribution in [1.82, 2.24) is 0 Å². The third-order valence-electron chi connectivity index (χ3n) is 0.826. The summed E-state index contributed by atoms with van der Waals surface area (Å²) in [7, 11) is 0.501. The summed E-state index contributed by atoms with van der Waals surface area (Å²) in [6, 6.07) is 0. The third kappa shape index (κ3) is 23.5. The summed E-state index contributed by atoms with van der Waals surface area (Å²) in [5.74, 6) is 0. The fraction of sp³-hybridized carbons (Fsp3) is 1.00. The molecule has 83 valence electrons. The zero-order chi connectivity index (χ0) is 10.5. The molecule has 0 heterocycles. The van der Waals surface area contributed by atoms with E-state index in [1.807, 2.05) is 6.92 Å². The van der Waals surface area contributed by atoms with Gasteiger partial charge in [0.25, 0.3) is 10.0 Å². The van der Waals surface area contributed by atoms with E-state index in [4.69, 9.17) is 8.23 Å². The molecule has 0 aromatic carbocycles. The van der Waals surface area contributed by atoms with Gasteiger partial charge in [0, 0.05) is 36.7 Å². The molecule has 0 rings (SSSR count). The molecule has 14 heavy (non-hydrogen) atoms. The van der Waals surface area contributed by atoms with Crippen LogP contribution >= 0.6 is 8.25 Å². The van der Waals surface area contributed by atoms with Crippen LogP contribution < -0.4 is 0 Å². The van der Waals surface area contributed by atoms with E-state index in [1.165, 1.54) is 7.11 Å². The Morgan fingerprint density at radius 3 is 2.07 bits per heavy atom. The molecule has 5 nitrogen and oxygen atoms in total. The first-order valence-electron chi connectivity index (χ1n) is 3.91. The van der Waals surface area contributed by atoms with Crippen LogP contribution in [0.2, 0.25) is 0 Å². The van der Waals surface area contributed by atoms with Crippen LogP contribution in [0.1, 0.15) is 13.3 Å². The molecule has 0 bridgehead atoms. The molecule has 0 amide bonds. The molecule has 0 fully saturated rings. The van der Waals surface area contributed by atoms with Crippen LogP contribution in [0, 0.1) is 0 Å². The van der Waals surface area contributed by atoms with Crippen LogP contribution in [-0.4, -0.2) is 74.3 Å². The average molecular weight is 285 g/mol. The standard InChI is InChI=1S/C4H11O3P.Na.H8O2Si3/c1-3-4-7-8(5)6-2;;3-1-5-2-4/h8H,3-4H2,1-2H3;;5H2,3-4H3. The van der Waals surface area contributed by atoms with Gasteiger partial charge in [-0.1, -0.05) is 6.92 Å². The topological polar surface area (TPSA) is 54.0 Å².